The van der Waals surface area contributed by atoms with Gasteiger partial charge in [0.15, 0.2) is 0 Å². The van der Waals surface area contributed by atoms with Crippen LogP contribution in [-0.2, 0) is 4.79 Å². The maximum Gasteiger partial charge on any atom is 0.319 e. The number of carbonyl (C=O) groups excluding carboxylic acids is 1. The van der Waals surface area contributed by atoms with Gasteiger partial charge in [-0.2, -0.15) is 0 Å². The van der Waals surface area contributed by atoms with Crippen LogP contribution in [0.5, 0.6) is 0 Å². The van der Waals surface area contributed by atoms with Crippen LogP contribution in [0.2, 0.25) is 0 Å². The number of hydrogen-bond acceptors (Lipinski definition) is 2. The first-order valence-corrected chi connectivity index (χ1v) is 7.23. The van der Waals surface area contributed by atoms with Crippen LogP contribution in [0.4, 0.5) is 10.5 Å². The van der Waals surface area contributed by atoms with Crippen molar-refractivity contribution in [1.29, 1.82) is 0 Å². The van der Waals surface area contributed by atoms with Gasteiger partial charge in [-0.3, -0.25) is 4.79 Å². The topological polar surface area (TPSA) is 78.4 Å². The number of nitrogens with one attached hydrogen (secondary N) is 2. The molecular formula is C16H24N2O3. The number of benzene rings is 1. The highest BCUT2D eigenvalue weighted by Gasteiger charge is 2.08. The van der Waals surface area contributed by atoms with Crippen molar-refractivity contribution >= 4 is 17.7 Å². The zero-order valence-corrected chi connectivity index (χ0v) is 12.9. The molecule has 0 aliphatic rings. The third kappa shape index (κ3) is 6.29. The predicted molar refractivity (Wildman–Crippen MR) is 83.6 cm³/mol. The lowest BCUT2D eigenvalue weighted by atomic mass is 10.0. The van der Waals surface area contributed by atoms with Gasteiger partial charge >= 0.3 is 12.0 Å². The maximum absolute atomic E-state index is 11.8. The summed E-state index contributed by atoms with van der Waals surface area (Å²) in [4.78, 5) is 22.3. The average molecular weight is 292 g/mol. The van der Waals surface area contributed by atoms with E-state index in [4.69, 9.17) is 5.11 Å². The molecule has 2 amide bonds. The lowest BCUT2D eigenvalue weighted by Crippen LogP contribution is -2.30. The Bertz CT molecular complexity index is 480. The molecule has 21 heavy (non-hydrogen) atoms. The molecule has 116 valence electrons. The minimum atomic E-state index is -0.775. The fourth-order valence-electron chi connectivity index (χ4n) is 2.12. The van der Waals surface area contributed by atoms with Gasteiger partial charge in [-0.15, -0.1) is 0 Å². The van der Waals surface area contributed by atoms with Gasteiger partial charge in [-0.05, 0) is 43.7 Å². The smallest absolute Gasteiger partial charge is 0.319 e. The molecule has 0 spiro atoms. The Morgan fingerprint density at radius 3 is 2.38 bits per heavy atom. The molecule has 1 rings (SSSR count). The third-order valence-electron chi connectivity index (χ3n) is 3.49. The van der Waals surface area contributed by atoms with E-state index in [9.17, 15) is 9.59 Å². The first kappa shape index (κ1) is 17.0. The first-order valence-electron chi connectivity index (χ1n) is 7.23. The van der Waals surface area contributed by atoms with E-state index in [2.05, 4.69) is 10.6 Å². The summed E-state index contributed by atoms with van der Waals surface area (Å²) in [6.45, 7) is 6.44. The molecule has 0 fully saturated rings. The van der Waals surface area contributed by atoms with Crippen LogP contribution in [0.25, 0.3) is 0 Å². The van der Waals surface area contributed by atoms with Crippen molar-refractivity contribution in [2.24, 2.45) is 5.92 Å². The van der Waals surface area contributed by atoms with Crippen molar-refractivity contribution in [3.63, 3.8) is 0 Å². The molecule has 0 aliphatic heterocycles. The monoisotopic (exact) mass is 292 g/mol. The molecule has 0 radical (unpaired) electrons. The van der Waals surface area contributed by atoms with Crippen molar-refractivity contribution < 1.29 is 14.7 Å². The summed E-state index contributed by atoms with van der Waals surface area (Å²) >= 11 is 0. The number of anilines is 1. The zero-order valence-electron chi connectivity index (χ0n) is 12.9. The highest BCUT2D eigenvalue weighted by Crippen LogP contribution is 2.19. The number of carbonyl (C=O) groups is 2. The summed E-state index contributed by atoms with van der Waals surface area (Å²) in [6.07, 6.45) is 1.58. The second-order valence-electron chi connectivity index (χ2n) is 5.47. The molecule has 1 aromatic carbocycles. The molecule has 0 saturated heterocycles. The molecule has 0 aliphatic carbocycles. The number of aliphatic carboxylic acids is 1. The van der Waals surface area contributed by atoms with Crippen LogP contribution < -0.4 is 10.6 Å². The number of hydrogen-bond donors (Lipinski definition) is 3. The fourth-order valence-corrected chi connectivity index (χ4v) is 2.12. The van der Waals surface area contributed by atoms with Crippen LogP contribution in [-0.4, -0.2) is 23.7 Å². The van der Waals surface area contributed by atoms with Crippen LogP contribution in [0.1, 0.15) is 37.3 Å². The van der Waals surface area contributed by atoms with Gasteiger partial charge in [-0.1, -0.05) is 25.1 Å². The summed E-state index contributed by atoms with van der Waals surface area (Å²) in [5, 5.41) is 14.3. The quantitative estimate of drug-likeness (QED) is 0.721. The summed E-state index contributed by atoms with van der Waals surface area (Å²) in [6, 6.07) is 5.64. The molecule has 0 bridgehead atoms. The van der Waals surface area contributed by atoms with Gasteiger partial charge in [0.2, 0.25) is 0 Å². The van der Waals surface area contributed by atoms with Crippen molar-refractivity contribution in [3.8, 4) is 0 Å². The number of para-hydroxylation sites is 1. The number of urea groups is 1. The van der Waals surface area contributed by atoms with E-state index in [1.54, 1.807) is 0 Å². The Labute approximate surface area is 125 Å². The lowest BCUT2D eigenvalue weighted by molar-refractivity contribution is -0.137. The first-order chi connectivity index (χ1) is 9.90. The number of rotatable bonds is 7. The number of aryl methyl sites for hydroxylation is 2. The Morgan fingerprint density at radius 1 is 1.19 bits per heavy atom. The van der Waals surface area contributed by atoms with Gasteiger partial charge in [-0.25, -0.2) is 4.79 Å². The summed E-state index contributed by atoms with van der Waals surface area (Å²) < 4.78 is 0. The van der Waals surface area contributed by atoms with Crippen LogP contribution in [0.3, 0.4) is 0 Å². The van der Waals surface area contributed by atoms with Crippen molar-refractivity contribution in [2.45, 2.75) is 40.0 Å². The highest BCUT2D eigenvalue weighted by molar-refractivity contribution is 5.90. The molecule has 3 N–H and O–H groups in total. The Morgan fingerprint density at radius 2 is 1.81 bits per heavy atom. The highest BCUT2D eigenvalue weighted by atomic mass is 16.4. The molecular weight excluding hydrogens is 268 g/mol. The summed E-state index contributed by atoms with van der Waals surface area (Å²) in [5.41, 5.74) is 2.90. The van der Waals surface area contributed by atoms with E-state index in [0.29, 0.717) is 13.0 Å². The second kappa shape index (κ2) is 8.29. The maximum atomic E-state index is 11.8. The normalized spacial score (nSPS) is 11.8. The van der Waals surface area contributed by atoms with E-state index >= 15 is 0 Å². The Hall–Kier alpha value is -2.04. The van der Waals surface area contributed by atoms with Gasteiger partial charge in [0.25, 0.3) is 0 Å². The molecule has 0 heterocycles. The molecule has 0 aromatic heterocycles. The van der Waals surface area contributed by atoms with Crippen molar-refractivity contribution in [2.75, 3.05) is 11.9 Å². The number of carboxylic acid groups (broad SMARTS) is 1. The third-order valence-corrected chi connectivity index (χ3v) is 3.49. The summed E-state index contributed by atoms with van der Waals surface area (Å²) in [5.74, 6) is -0.496. The standard InChI is InChI=1S/C16H24N2O3/c1-11(7-8-14(19)20)9-10-17-16(21)18-15-12(2)5-4-6-13(15)3/h4-6,11H,7-10H2,1-3H3,(H,19,20)(H2,17,18,21). The Kier molecular flexibility index (Phi) is 6.72. The zero-order chi connectivity index (χ0) is 15.8. The second-order valence-corrected chi connectivity index (χ2v) is 5.47. The number of carboxylic acids is 1. The van der Waals surface area contributed by atoms with Crippen molar-refractivity contribution in [1.82, 2.24) is 5.32 Å². The van der Waals surface area contributed by atoms with E-state index < -0.39 is 5.97 Å². The van der Waals surface area contributed by atoms with Crippen molar-refractivity contribution in [3.05, 3.63) is 29.3 Å². The molecule has 5 heteroatoms. The van der Waals surface area contributed by atoms with Gasteiger partial charge in [0.05, 0.1) is 0 Å². The van der Waals surface area contributed by atoms with Gasteiger partial charge in [0, 0.05) is 18.7 Å². The van der Waals surface area contributed by atoms with Gasteiger partial charge in [0.1, 0.15) is 0 Å². The molecule has 5 nitrogen and oxygen atoms in total. The van der Waals surface area contributed by atoms with E-state index in [0.717, 1.165) is 23.2 Å². The molecule has 1 aromatic rings. The van der Waals surface area contributed by atoms with Gasteiger partial charge < -0.3 is 15.7 Å². The van der Waals surface area contributed by atoms with E-state index in [1.807, 2.05) is 39.0 Å². The molecule has 1 unspecified atom stereocenters. The lowest BCUT2D eigenvalue weighted by Gasteiger charge is -2.14. The fraction of sp³-hybridized carbons (Fsp3) is 0.500. The number of amides is 2. The minimum Gasteiger partial charge on any atom is -0.481 e. The van der Waals surface area contributed by atoms with Crippen LogP contribution in [0, 0.1) is 19.8 Å². The SMILES string of the molecule is Cc1cccc(C)c1NC(=O)NCCC(C)CCC(=O)O. The molecule has 0 saturated carbocycles. The minimum absolute atomic E-state index is 0.176. The Balaban J connectivity index is 2.33. The van der Waals surface area contributed by atoms with Crippen LogP contribution in [0.15, 0.2) is 18.2 Å². The predicted octanol–water partition coefficient (Wildman–Crippen LogP) is 3.32. The summed E-state index contributed by atoms with van der Waals surface area (Å²) in [7, 11) is 0. The van der Waals surface area contributed by atoms with E-state index in [-0.39, 0.29) is 18.4 Å². The molecule has 1 atom stereocenters. The van der Waals surface area contributed by atoms with E-state index in [1.165, 1.54) is 0 Å². The van der Waals surface area contributed by atoms with Crippen LogP contribution >= 0.6 is 0 Å². The largest absolute Gasteiger partial charge is 0.481 e. The average Bonchev–Trinajstić information content (AvgIpc) is 2.41.